The lowest BCUT2D eigenvalue weighted by atomic mass is 9.84. The molecule has 9 heterocycles. The van der Waals surface area contributed by atoms with Gasteiger partial charge < -0.3 is 265 Å². The lowest BCUT2D eigenvalue weighted by molar-refractivity contribution is -0.292. The lowest BCUT2D eigenvalue weighted by Gasteiger charge is -2.47. The van der Waals surface area contributed by atoms with Gasteiger partial charge in [-0.15, -0.1) is 0 Å². The fraction of sp³-hybridized carbons (Fsp3) is 0.987. The summed E-state index contributed by atoms with van der Waals surface area (Å²) in [7, 11) is -3.39. The molecule has 0 aromatic rings. The lowest BCUT2D eigenvalue weighted by Crippen LogP contribution is -2.66. The van der Waals surface area contributed by atoms with Crippen LogP contribution in [-0.4, -0.2) is 466 Å². The molecule has 12 rings (SSSR count). The first-order valence-electron chi connectivity index (χ1n) is 43.9. The molecule has 53 atom stereocenters. The van der Waals surface area contributed by atoms with E-state index in [0.29, 0.717) is 38.5 Å². The van der Waals surface area contributed by atoms with E-state index in [2.05, 4.69) is 0 Å². The van der Waals surface area contributed by atoms with Crippen molar-refractivity contribution in [3.8, 4) is 6.07 Å². The molecule has 9 saturated heterocycles. The minimum absolute atomic E-state index is 0.0737. The number of hydrogen-bond acceptors (Lipinski definition) is 54. The fourth-order valence-corrected chi connectivity index (χ4v) is 19.1. The third-order valence-corrected chi connectivity index (χ3v) is 27.1. The van der Waals surface area contributed by atoms with Crippen molar-refractivity contribution < 1.29 is 170 Å². The summed E-state index contributed by atoms with van der Waals surface area (Å²) in [5.41, 5.74) is 109. The number of nitrogens with two attached hydrogens (primary N) is 18. The molecule has 758 valence electrons. The maximum absolute atomic E-state index is 11.8. The van der Waals surface area contributed by atoms with Gasteiger partial charge in [0.05, 0.1) is 111 Å². The van der Waals surface area contributed by atoms with Gasteiger partial charge in [-0.2, -0.15) is 5.26 Å². The van der Waals surface area contributed by atoms with Crippen LogP contribution < -0.4 is 103 Å². The van der Waals surface area contributed by atoms with Gasteiger partial charge in [-0.3, -0.25) is 0 Å². The third kappa shape index (κ3) is 25.8. The summed E-state index contributed by atoms with van der Waals surface area (Å²) in [4.78, 5) is 0. The van der Waals surface area contributed by atoms with Crippen LogP contribution in [0.5, 0.6) is 0 Å². The molecule has 12 aliphatic rings. The average molecular weight is 1910 g/mol. The summed E-state index contributed by atoms with van der Waals surface area (Å²) in [5, 5.41) is 167. The van der Waals surface area contributed by atoms with Gasteiger partial charge in [0.1, 0.15) is 156 Å². The van der Waals surface area contributed by atoms with E-state index in [-0.39, 0.29) is 57.2 Å². The summed E-state index contributed by atoms with van der Waals surface area (Å²) in [5.74, 6) is -0.308. The summed E-state index contributed by atoms with van der Waals surface area (Å²) in [6.07, 6.45) is -42.4. The van der Waals surface area contributed by atoms with Crippen molar-refractivity contribution in [2.75, 3.05) is 51.5 Å². The highest BCUT2D eigenvalue weighted by atomic mass is 32.2. The van der Waals surface area contributed by atoms with E-state index in [1.54, 1.807) is 0 Å². The first-order valence-corrected chi connectivity index (χ1v) is 46.0. The Bertz CT molecular complexity index is 3580. The van der Waals surface area contributed by atoms with E-state index in [9.17, 15) is 85.0 Å². The molecule has 3 unspecified atom stereocenters. The molecule has 55 heteroatoms. The van der Waals surface area contributed by atoms with E-state index < -0.39 is 353 Å². The van der Waals surface area contributed by atoms with Gasteiger partial charge in [0.25, 0.3) is 0 Å². The topological polar surface area (TPSA) is 996 Å². The van der Waals surface area contributed by atoms with Crippen LogP contribution in [0, 0.1) is 11.3 Å². The summed E-state index contributed by atoms with van der Waals surface area (Å²) in [6, 6.07) is -9.47. The Morgan fingerprint density at radius 3 is 0.885 bits per heavy atom. The number of nitrogens with zero attached hydrogens (tertiary/aromatic N) is 1. The molecule has 51 N–H and O–H groups in total. The van der Waals surface area contributed by atoms with E-state index in [1.165, 1.54) is 0 Å². The van der Waals surface area contributed by atoms with Gasteiger partial charge in [0.15, 0.2) is 56.6 Å². The van der Waals surface area contributed by atoms with Crippen molar-refractivity contribution in [2.24, 2.45) is 103 Å². The number of sulfone groups is 1. The molecule has 12 fully saturated rings. The van der Waals surface area contributed by atoms with Gasteiger partial charge in [0, 0.05) is 79.8 Å². The molecule has 0 bridgehead atoms. The predicted octanol–water partition coefficient (Wildman–Crippen LogP) is -20.0. The number of ether oxygens (including phenoxy) is 18. The number of hydrogen-bond donors (Lipinski definition) is 33. The SMILES string of the molecule is CC(C)(N)[C@@H]1CC[C@@H](N)[C@@H](O[C@H]2[C@H](O[C@@H]3O[C@H](CO)[C@@H](OC4O[C@@H](CN)[C@@H](O)[C@H](O)[C@H]4N)[C@H]3O)[C@@H](O)[C@H](N)C[C@@H]2N)O1.CS(=O)(=O)C[C@H](N)[C@@H]1CC[C@@H](N)[C@@H](O[C@H]2[C@H](O[C@@H]3O[C@H](CO)[C@@H](OC4O[C@@H](CN)[C@@H](O)[C@H](O)[C@H]4N)[C@H]3O)[C@@H](O)[C@H](N)C[C@@H]2N)O1.N#CC[C@H](N)[C@@H]1CC[C@@H](N)[C@@H](O[C@H]2[C@H](O[C@@H]3O[C@H](CO)[C@@H](OC4O[C@@H](CN)[C@@H](O)[C@H](O)[C@H]4N)[C@H]3O)[C@@H](O)[C@H](N)C[C@@H]2N)O1. The summed E-state index contributed by atoms with van der Waals surface area (Å²) < 4.78 is 130. The number of aliphatic hydroxyl groups excluding tert-OH is 15. The number of aliphatic hydroxyl groups is 15. The second-order valence-corrected chi connectivity index (χ2v) is 38.8. The van der Waals surface area contributed by atoms with Crippen molar-refractivity contribution in [3.05, 3.63) is 0 Å². The fourth-order valence-electron chi connectivity index (χ4n) is 18.2. The standard InChI is InChI=1S/C25H47N7O11.C25H50N6O13S.C25H50N6O11/c26-4-3-8(28)12-2-1-9(29)23(38-12)41-20-11(31)5-10(30)16(34)22(20)43-25-19(37)21(14(7-33)40-25)42-24-15(32)18(36)17(35)13(6-27)39-24;1-45(37,38)7-11(30)12-3-2-8(27)23(39-12)42-20-10(29)4-9(28)16(33)22(20)44-25-19(36)21(14(6-32)41-25)43-24-15(31)18(35)17(34)13(5-26)40-24;1-25(2,31)13-4-3-8(27)22(39-13)40-19-10(29)5-9(28)15(33)21(19)42-24-18(36)20(12(7-32)38-24)41-23-14(30)17(35)16(34)11(6-26)37-23/h8-25,33-37H,1-3,5-7,27-32H2;8-25,32-36H,2-7,26-31H2,1H3;8-24,32-36H,3-7,26-31H2,1-2H3/t8-,9+,10+,11-,12-,13-,14+,15+,16-,17+,18+,19+,20+,21+,22+,23+,24?,25-;8-,9-,10+,11+,12+,13+,14-,15-,16+,17-,18-,19-,20-,21-,22-,23-,24?,25+;8-,9-,10+,11+,12-,13+,14-,15+,16-,17-,18-,19-,20-,21-,22-,23?,24+/m011/s1. The van der Waals surface area contributed by atoms with Crippen molar-refractivity contribution in [1.82, 2.24) is 0 Å². The molecule has 9 aliphatic heterocycles. The highest BCUT2D eigenvalue weighted by molar-refractivity contribution is 7.90. The van der Waals surface area contributed by atoms with Crippen LogP contribution in [0.3, 0.4) is 0 Å². The second-order valence-electron chi connectivity index (χ2n) is 36.6. The smallest absolute Gasteiger partial charge is 0.187 e. The molecule has 3 saturated carbocycles. The largest absolute Gasteiger partial charge is 0.394 e. The Balaban J connectivity index is 0.000000203. The Morgan fingerprint density at radius 1 is 0.338 bits per heavy atom. The minimum atomic E-state index is -3.39. The highest BCUT2D eigenvalue weighted by Gasteiger charge is 2.60. The van der Waals surface area contributed by atoms with Crippen LogP contribution in [0.1, 0.15) is 78.1 Å². The first kappa shape index (κ1) is 109. The van der Waals surface area contributed by atoms with E-state index in [0.717, 1.165) is 6.26 Å². The zero-order valence-electron chi connectivity index (χ0n) is 72.7. The number of nitriles is 1. The predicted molar refractivity (Wildman–Crippen MR) is 444 cm³/mol. The molecule has 130 heavy (non-hydrogen) atoms. The molecule has 3 aliphatic carbocycles. The minimum Gasteiger partial charge on any atom is -0.394 e. The van der Waals surface area contributed by atoms with Crippen molar-refractivity contribution in [1.29, 1.82) is 5.26 Å². The summed E-state index contributed by atoms with van der Waals surface area (Å²) in [6.45, 7) is 1.38. The summed E-state index contributed by atoms with van der Waals surface area (Å²) >= 11 is 0. The van der Waals surface area contributed by atoms with Crippen LogP contribution in [-0.2, 0) is 95.1 Å². The zero-order valence-corrected chi connectivity index (χ0v) is 73.6. The Hall–Kier alpha value is -2.60. The van der Waals surface area contributed by atoms with Crippen LogP contribution in [0.2, 0.25) is 0 Å². The van der Waals surface area contributed by atoms with Crippen LogP contribution in [0.25, 0.3) is 0 Å². The van der Waals surface area contributed by atoms with E-state index in [1.807, 2.05) is 19.9 Å². The maximum atomic E-state index is 11.8. The van der Waals surface area contributed by atoms with Crippen LogP contribution >= 0.6 is 0 Å². The van der Waals surface area contributed by atoms with Crippen molar-refractivity contribution in [3.63, 3.8) is 0 Å². The van der Waals surface area contributed by atoms with Crippen molar-refractivity contribution in [2.45, 2.75) is 408 Å². The molecular weight excluding hydrogens is 1760 g/mol. The van der Waals surface area contributed by atoms with Crippen LogP contribution in [0.15, 0.2) is 0 Å². The monoisotopic (exact) mass is 1910 g/mol. The molecule has 0 radical (unpaired) electrons. The Kier molecular flexibility index (Phi) is 40.0. The first-order chi connectivity index (χ1) is 61.1. The number of rotatable bonds is 30. The van der Waals surface area contributed by atoms with Crippen molar-refractivity contribution >= 4 is 9.84 Å². The molecular formula is C75H147N19O35S. The van der Waals surface area contributed by atoms with Crippen LogP contribution in [0.4, 0.5) is 0 Å². The zero-order chi connectivity index (χ0) is 96.1. The molecule has 0 aromatic carbocycles. The van der Waals surface area contributed by atoms with Gasteiger partial charge >= 0.3 is 0 Å². The Labute approximate surface area is 751 Å². The molecule has 54 nitrogen and oxygen atoms in total. The van der Waals surface area contributed by atoms with Gasteiger partial charge in [0.2, 0.25) is 0 Å². The van der Waals surface area contributed by atoms with Gasteiger partial charge in [-0.25, -0.2) is 8.42 Å². The molecule has 0 amide bonds. The third-order valence-electron chi connectivity index (χ3n) is 26.1. The molecule has 0 aromatic heterocycles. The van der Waals surface area contributed by atoms with Gasteiger partial charge in [-0.1, -0.05) is 0 Å². The van der Waals surface area contributed by atoms with E-state index >= 15 is 0 Å². The normalized spacial score (nSPS) is 49.7. The van der Waals surface area contributed by atoms with Gasteiger partial charge in [-0.05, 0) is 71.6 Å². The maximum Gasteiger partial charge on any atom is 0.187 e. The Morgan fingerprint density at radius 2 is 0.608 bits per heavy atom. The highest BCUT2D eigenvalue weighted by Crippen LogP contribution is 2.41. The molecule has 0 spiro atoms. The second kappa shape index (κ2) is 47.6. The van der Waals surface area contributed by atoms with E-state index in [4.69, 9.17) is 194 Å². The quantitative estimate of drug-likeness (QED) is 0.0318. The average Bonchev–Trinajstić information content (AvgIpc) is 1.61.